The number of nitrogens with two attached hydrogens (primary N) is 2. The van der Waals surface area contributed by atoms with Crippen LogP contribution in [-0.4, -0.2) is 20.2 Å². The predicted octanol–water partition coefficient (Wildman–Crippen LogP) is -0.416. The molecule has 6 nitrogen and oxygen atoms in total. The lowest BCUT2D eigenvalue weighted by Gasteiger charge is -1.99. The molecule has 0 aliphatic rings. The quantitative estimate of drug-likeness (QED) is 0.545. The highest BCUT2D eigenvalue weighted by atomic mass is 15.2. The molecule has 0 spiro atoms. The Morgan fingerprint density at radius 3 is 2.83 bits per heavy atom. The minimum absolute atomic E-state index is 0.196. The number of fused-ring (bicyclic) bond motifs is 1. The normalized spacial score (nSPS) is 10.3. The van der Waals surface area contributed by atoms with Gasteiger partial charge in [-0.1, -0.05) is 0 Å². The maximum Gasteiger partial charge on any atom is 0.171 e. The Labute approximate surface area is 67.6 Å². The molecule has 0 fully saturated rings. The van der Waals surface area contributed by atoms with Gasteiger partial charge in [0.15, 0.2) is 5.82 Å². The van der Waals surface area contributed by atoms with Crippen molar-refractivity contribution in [3.05, 3.63) is 12.5 Å². The molecule has 2 rings (SSSR count). The Morgan fingerprint density at radius 1 is 1.17 bits per heavy atom. The zero-order chi connectivity index (χ0) is 8.55. The molecule has 6 heteroatoms. The number of hydrogen-bond donors (Lipinski definition) is 2. The summed E-state index contributed by atoms with van der Waals surface area (Å²) in [6, 6.07) is 0. The Balaban J connectivity index is 2.91. The van der Waals surface area contributed by atoms with Crippen LogP contribution < -0.4 is 11.5 Å². The van der Waals surface area contributed by atoms with Gasteiger partial charge in [0.1, 0.15) is 23.0 Å². The lowest BCUT2D eigenvalue weighted by Crippen LogP contribution is -2.02. The van der Waals surface area contributed by atoms with Crippen molar-refractivity contribution in [1.82, 2.24) is 20.2 Å². The zero-order valence-corrected chi connectivity index (χ0v) is 6.10. The van der Waals surface area contributed by atoms with Crippen molar-refractivity contribution in [2.75, 3.05) is 11.5 Å². The summed E-state index contributed by atoms with van der Waals surface area (Å²) in [6.07, 6.45) is 2.92. The minimum Gasteiger partial charge on any atom is -0.394 e. The van der Waals surface area contributed by atoms with Gasteiger partial charge in [0.05, 0.1) is 6.20 Å². The van der Waals surface area contributed by atoms with E-state index in [-0.39, 0.29) is 5.82 Å². The molecule has 0 radical (unpaired) electrons. The van der Waals surface area contributed by atoms with Crippen LogP contribution in [0.15, 0.2) is 12.5 Å². The lowest BCUT2D eigenvalue weighted by molar-refractivity contribution is 1.07. The third-order valence-corrected chi connectivity index (χ3v) is 1.49. The van der Waals surface area contributed by atoms with Gasteiger partial charge in [-0.3, -0.25) is 0 Å². The van der Waals surface area contributed by atoms with E-state index in [1.165, 1.54) is 12.5 Å². The van der Waals surface area contributed by atoms with Crippen LogP contribution in [0.25, 0.3) is 11.0 Å². The average Bonchev–Trinajstić information content (AvgIpc) is 2.12. The summed E-state index contributed by atoms with van der Waals surface area (Å²) in [5.41, 5.74) is 12.5. The van der Waals surface area contributed by atoms with Crippen LogP contribution in [0.1, 0.15) is 0 Å². The molecule has 2 aromatic heterocycles. The first-order chi connectivity index (χ1) is 5.79. The van der Waals surface area contributed by atoms with E-state index in [0.717, 1.165) is 0 Å². The zero-order valence-electron chi connectivity index (χ0n) is 6.10. The fraction of sp³-hybridized carbons (Fsp3) is 0. The van der Waals surface area contributed by atoms with Gasteiger partial charge in [0.25, 0.3) is 0 Å². The Bertz CT molecular complexity index is 425. The number of aromatic nitrogens is 4. The Hall–Kier alpha value is -1.98. The molecular weight excluding hydrogens is 156 g/mol. The number of anilines is 2. The van der Waals surface area contributed by atoms with E-state index in [1.54, 1.807) is 0 Å². The largest absolute Gasteiger partial charge is 0.394 e. The molecule has 0 saturated heterocycles. The highest BCUT2D eigenvalue weighted by Crippen LogP contribution is 2.18. The molecule has 0 bridgehead atoms. The second-order valence-corrected chi connectivity index (χ2v) is 2.26. The molecule has 0 atom stereocenters. The summed E-state index contributed by atoms with van der Waals surface area (Å²) in [7, 11) is 0. The van der Waals surface area contributed by atoms with Crippen molar-refractivity contribution in [2.24, 2.45) is 0 Å². The highest BCUT2D eigenvalue weighted by molar-refractivity contribution is 5.89. The third kappa shape index (κ3) is 0.815. The monoisotopic (exact) mass is 162 g/mol. The maximum absolute atomic E-state index is 5.60. The van der Waals surface area contributed by atoms with Crippen molar-refractivity contribution in [3.63, 3.8) is 0 Å². The van der Waals surface area contributed by atoms with E-state index in [1.807, 2.05) is 0 Å². The molecule has 4 N–H and O–H groups in total. The van der Waals surface area contributed by atoms with Crippen molar-refractivity contribution in [1.29, 1.82) is 0 Å². The predicted molar refractivity (Wildman–Crippen MR) is 44.0 cm³/mol. The van der Waals surface area contributed by atoms with E-state index < -0.39 is 0 Å². The standard InChI is InChI=1S/C6H6N6/c7-4-5-3(1-9-2-10-5)11-12-6(4)8/h1-2H,(H2,7,11)(H2,8,12). The molecular formula is C6H6N6. The van der Waals surface area contributed by atoms with Gasteiger partial charge in [-0.05, 0) is 0 Å². The number of rotatable bonds is 0. The summed E-state index contributed by atoms with van der Waals surface area (Å²) in [6.45, 7) is 0. The molecule has 0 saturated carbocycles. The Morgan fingerprint density at radius 2 is 2.00 bits per heavy atom. The lowest BCUT2D eigenvalue weighted by atomic mass is 10.3. The van der Waals surface area contributed by atoms with Gasteiger partial charge in [-0.25, -0.2) is 9.97 Å². The fourth-order valence-corrected chi connectivity index (χ4v) is 0.886. The summed E-state index contributed by atoms with van der Waals surface area (Å²) in [4.78, 5) is 7.70. The topological polar surface area (TPSA) is 104 Å². The average molecular weight is 162 g/mol. The van der Waals surface area contributed by atoms with Crippen LogP contribution in [0.2, 0.25) is 0 Å². The van der Waals surface area contributed by atoms with Crippen molar-refractivity contribution < 1.29 is 0 Å². The van der Waals surface area contributed by atoms with Crippen LogP contribution in [0.3, 0.4) is 0 Å². The smallest absolute Gasteiger partial charge is 0.171 e. The first-order valence-electron chi connectivity index (χ1n) is 3.26. The van der Waals surface area contributed by atoms with Crippen molar-refractivity contribution in [2.45, 2.75) is 0 Å². The highest BCUT2D eigenvalue weighted by Gasteiger charge is 2.04. The van der Waals surface area contributed by atoms with Gasteiger partial charge in [-0.15, -0.1) is 10.2 Å². The number of nitrogen functional groups attached to an aromatic ring is 2. The molecule has 0 aliphatic carbocycles. The summed E-state index contributed by atoms with van der Waals surface area (Å²) in [5, 5.41) is 7.39. The van der Waals surface area contributed by atoms with Crippen LogP contribution in [0, 0.1) is 0 Å². The van der Waals surface area contributed by atoms with E-state index in [9.17, 15) is 0 Å². The molecule has 2 aromatic rings. The number of nitrogens with zero attached hydrogens (tertiary/aromatic N) is 4. The van der Waals surface area contributed by atoms with Crippen molar-refractivity contribution in [3.8, 4) is 0 Å². The second kappa shape index (κ2) is 2.26. The number of hydrogen-bond acceptors (Lipinski definition) is 6. The fourth-order valence-electron chi connectivity index (χ4n) is 0.886. The first kappa shape index (κ1) is 6.71. The van der Waals surface area contributed by atoms with Crippen LogP contribution in [-0.2, 0) is 0 Å². The third-order valence-electron chi connectivity index (χ3n) is 1.49. The van der Waals surface area contributed by atoms with Crippen LogP contribution >= 0.6 is 0 Å². The van der Waals surface area contributed by atoms with Gasteiger partial charge in [0, 0.05) is 0 Å². The van der Waals surface area contributed by atoms with E-state index >= 15 is 0 Å². The van der Waals surface area contributed by atoms with Crippen LogP contribution in [0.4, 0.5) is 11.5 Å². The molecule has 60 valence electrons. The minimum atomic E-state index is 0.196. The molecule has 0 aromatic carbocycles. The molecule has 0 unspecified atom stereocenters. The summed E-state index contributed by atoms with van der Waals surface area (Å²) < 4.78 is 0. The maximum atomic E-state index is 5.60. The van der Waals surface area contributed by atoms with E-state index in [0.29, 0.717) is 16.7 Å². The molecule has 2 heterocycles. The van der Waals surface area contributed by atoms with Gasteiger partial charge < -0.3 is 11.5 Å². The molecule has 12 heavy (non-hydrogen) atoms. The molecule has 0 aliphatic heterocycles. The van der Waals surface area contributed by atoms with Crippen molar-refractivity contribution >= 4 is 22.5 Å². The second-order valence-electron chi connectivity index (χ2n) is 2.26. The van der Waals surface area contributed by atoms with E-state index in [4.69, 9.17) is 11.5 Å². The van der Waals surface area contributed by atoms with Gasteiger partial charge in [0.2, 0.25) is 0 Å². The van der Waals surface area contributed by atoms with E-state index in [2.05, 4.69) is 20.2 Å². The van der Waals surface area contributed by atoms with Gasteiger partial charge in [-0.2, -0.15) is 0 Å². The van der Waals surface area contributed by atoms with Gasteiger partial charge >= 0.3 is 0 Å². The summed E-state index contributed by atoms with van der Waals surface area (Å²) in [5.74, 6) is 0.196. The Kier molecular flexibility index (Phi) is 1.26. The first-order valence-corrected chi connectivity index (χ1v) is 3.26. The molecule has 0 amide bonds. The SMILES string of the molecule is Nc1nnc2cncnc2c1N. The van der Waals surface area contributed by atoms with Crippen LogP contribution in [0.5, 0.6) is 0 Å². The summed E-state index contributed by atoms with van der Waals surface area (Å²) >= 11 is 0.